The fraction of sp³-hybridized carbons (Fsp3) is 1.00. The number of unbranched alkanes of at least 4 members (excludes halogenated alkanes) is 5. The van der Waals surface area contributed by atoms with Crippen LogP contribution in [0.25, 0.3) is 0 Å². The van der Waals surface area contributed by atoms with Gasteiger partial charge in [0, 0.05) is 5.75 Å². The molecule has 5 heteroatoms. The summed E-state index contributed by atoms with van der Waals surface area (Å²) in [5.74, 6) is -0.195. The third-order valence-corrected chi connectivity index (χ3v) is 2.54. The van der Waals surface area contributed by atoms with Gasteiger partial charge in [0.25, 0.3) is 0 Å². The summed E-state index contributed by atoms with van der Waals surface area (Å²) in [6, 6.07) is 0. The van der Waals surface area contributed by atoms with Gasteiger partial charge in [0.05, 0.1) is 10.1 Å². The van der Waals surface area contributed by atoms with E-state index >= 15 is 0 Å². The maximum atomic E-state index is 10.2. The second kappa shape index (κ2) is 9.08. The van der Waals surface area contributed by atoms with Crippen LogP contribution in [0.15, 0.2) is 0 Å². The Bertz CT molecular complexity index is 190. The van der Waals surface area contributed by atoms with E-state index in [-0.39, 0.29) is 24.6 Å². The average molecular weight is 200 g/mol. The third-order valence-electron chi connectivity index (χ3n) is 1.75. The largest absolute Gasteiger partial charge is 1.00 e. The Balaban J connectivity index is 0. The van der Waals surface area contributed by atoms with Gasteiger partial charge in [-0.25, -0.2) is 8.42 Å². The van der Waals surface area contributed by atoms with Gasteiger partial charge >= 0.3 is 18.9 Å². The molecule has 0 heterocycles. The first-order chi connectivity index (χ1) is 5.56. The van der Waals surface area contributed by atoms with E-state index in [0.29, 0.717) is 6.42 Å². The minimum Gasteiger partial charge on any atom is -0.748 e. The zero-order valence-corrected chi connectivity index (χ0v) is 9.40. The molecule has 0 fully saturated rings. The van der Waals surface area contributed by atoms with Crippen molar-refractivity contribution in [3.8, 4) is 0 Å². The van der Waals surface area contributed by atoms with Gasteiger partial charge in [-0.15, -0.1) is 0 Å². The van der Waals surface area contributed by atoms with Gasteiger partial charge in [-0.1, -0.05) is 39.0 Å². The molecule has 0 rings (SSSR count). The van der Waals surface area contributed by atoms with Crippen molar-refractivity contribution >= 4 is 10.1 Å². The predicted octanol–water partition coefficient (Wildman–Crippen LogP) is -1.10. The molecule has 0 spiro atoms. The smallest absolute Gasteiger partial charge is 0.748 e. The molecule has 0 aromatic carbocycles. The van der Waals surface area contributed by atoms with Crippen molar-refractivity contribution in [1.82, 2.24) is 0 Å². The molecule has 0 aliphatic carbocycles. The summed E-state index contributed by atoms with van der Waals surface area (Å²) in [6.07, 6.45) is 5.96. The van der Waals surface area contributed by atoms with E-state index in [1.54, 1.807) is 0 Å². The Hall–Kier alpha value is 0.507. The van der Waals surface area contributed by atoms with Crippen LogP contribution in [0.1, 0.15) is 45.4 Å². The first kappa shape index (κ1) is 16.0. The van der Waals surface area contributed by atoms with Crippen LogP contribution in [0.3, 0.4) is 0 Å². The molecule has 0 saturated heterocycles. The molecule has 0 amide bonds. The van der Waals surface area contributed by atoms with Crippen LogP contribution in [0.4, 0.5) is 0 Å². The second-order valence-electron chi connectivity index (χ2n) is 3.03. The predicted molar refractivity (Wildman–Crippen MR) is 47.9 cm³/mol. The molecule has 0 unspecified atom stereocenters. The van der Waals surface area contributed by atoms with Crippen LogP contribution in [0.2, 0.25) is 0 Å². The molecule has 0 saturated carbocycles. The first-order valence-corrected chi connectivity index (χ1v) is 6.07. The van der Waals surface area contributed by atoms with Crippen molar-refractivity contribution in [3.63, 3.8) is 0 Å². The normalized spacial score (nSPS) is 10.9. The van der Waals surface area contributed by atoms with Crippen molar-refractivity contribution in [2.24, 2.45) is 0 Å². The van der Waals surface area contributed by atoms with Crippen molar-refractivity contribution in [2.75, 3.05) is 5.75 Å². The summed E-state index contributed by atoms with van der Waals surface area (Å²) in [5, 5.41) is 0. The summed E-state index contributed by atoms with van der Waals surface area (Å²) >= 11 is 0. The molecule has 0 N–H and O–H groups in total. The van der Waals surface area contributed by atoms with E-state index in [9.17, 15) is 13.0 Å². The molecule has 0 atom stereocenters. The van der Waals surface area contributed by atoms with Crippen LogP contribution >= 0.6 is 0 Å². The molecule has 0 radical (unpaired) electrons. The van der Waals surface area contributed by atoms with Crippen molar-refractivity contribution in [1.29, 1.82) is 0 Å². The number of rotatable bonds is 7. The Morgan fingerprint density at radius 1 is 1.00 bits per heavy atom. The molecule has 0 aliphatic heterocycles. The van der Waals surface area contributed by atoms with Crippen LogP contribution in [0.5, 0.6) is 0 Å². The van der Waals surface area contributed by atoms with Gasteiger partial charge in [0.2, 0.25) is 0 Å². The van der Waals surface area contributed by atoms with Crippen molar-refractivity contribution in [2.45, 2.75) is 45.4 Å². The maximum Gasteiger partial charge on any atom is 1.00 e. The fourth-order valence-corrected chi connectivity index (χ4v) is 1.62. The summed E-state index contributed by atoms with van der Waals surface area (Å²) < 4.78 is 30.5. The van der Waals surface area contributed by atoms with Gasteiger partial charge in [0.1, 0.15) is 0 Å². The molecule has 0 aromatic heterocycles. The standard InChI is InChI=1S/C8H18O3S.Li/c1-2-3-4-5-6-7-8-12(9,10)11;/h2-8H2,1H3,(H,9,10,11);/q;+1/p-1. The van der Waals surface area contributed by atoms with Crippen LogP contribution in [-0.2, 0) is 10.1 Å². The topological polar surface area (TPSA) is 57.2 Å². The zero-order chi connectivity index (χ0) is 9.45. The van der Waals surface area contributed by atoms with E-state index in [1.807, 2.05) is 0 Å². The fourth-order valence-electron chi connectivity index (χ4n) is 1.06. The Morgan fingerprint density at radius 3 is 1.92 bits per heavy atom. The van der Waals surface area contributed by atoms with E-state index in [1.165, 1.54) is 12.8 Å². The van der Waals surface area contributed by atoms with Crippen LogP contribution in [0, 0.1) is 0 Å². The quantitative estimate of drug-likeness (QED) is 0.298. The van der Waals surface area contributed by atoms with E-state index in [0.717, 1.165) is 19.3 Å². The Kier molecular flexibility index (Phi) is 11.1. The minimum atomic E-state index is -3.97. The molecular weight excluding hydrogens is 183 g/mol. The SMILES string of the molecule is CCCCCCCCS(=O)(=O)[O-].[Li+]. The summed E-state index contributed by atoms with van der Waals surface area (Å²) in [6.45, 7) is 2.13. The maximum absolute atomic E-state index is 10.2. The molecule has 74 valence electrons. The summed E-state index contributed by atoms with van der Waals surface area (Å²) in [4.78, 5) is 0. The Labute approximate surface area is 93.2 Å². The second-order valence-corrected chi connectivity index (χ2v) is 4.55. The molecular formula is C8H17LiO3S. The van der Waals surface area contributed by atoms with Gasteiger partial charge in [-0.3, -0.25) is 0 Å². The van der Waals surface area contributed by atoms with Gasteiger partial charge in [0.15, 0.2) is 0 Å². The molecule has 0 aromatic rings. The monoisotopic (exact) mass is 200 g/mol. The minimum absolute atomic E-state index is 0. The summed E-state index contributed by atoms with van der Waals surface area (Å²) in [7, 11) is -3.97. The Morgan fingerprint density at radius 2 is 1.46 bits per heavy atom. The number of hydrogen-bond donors (Lipinski definition) is 0. The third kappa shape index (κ3) is 15.3. The van der Waals surface area contributed by atoms with Gasteiger partial charge in [-0.05, 0) is 6.42 Å². The van der Waals surface area contributed by atoms with Crippen LogP contribution in [-0.4, -0.2) is 18.7 Å². The van der Waals surface area contributed by atoms with E-state index in [4.69, 9.17) is 0 Å². The van der Waals surface area contributed by atoms with Crippen molar-refractivity contribution in [3.05, 3.63) is 0 Å². The van der Waals surface area contributed by atoms with Gasteiger partial charge in [-0.2, -0.15) is 0 Å². The van der Waals surface area contributed by atoms with E-state index in [2.05, 4.69) is 6.92 Å². The first-order valence-electron chi connectivity index (χ1n) is 4.50. The van der Waals surface area contributed by atoms with Gasteiger partial charge < -0.3 is 4.55 Å². The van der Waals surface area contributed by atoms with Crippen molar-refractivity contribution < 1.29 is 31.8 Å². The van der Waals surface area contributed by atoms with E-state index < -0.39 is 10.1 Å². The average Bonchev–Trinajstić information content (AvgIpc) is 1.94. The summed E-state index contributed by atoms with van der Waals surface area (Å²) in [5.41, 5.74) is 0. The number of hydrogen-bond acceptors (Lipinski definition) is 3. The molecule has 3 nitrogen and oxygen atoms in total. The van der Waals surface area contributed by atoms with Crippen LogP contribution < -0.4 is 18.9 Å². The molecule has 13 heavy (non-hydrogen) atoms. The zero-order valence-electron chi connectivity index (χ0n) is 8.58. The molecule has 0 aliphatic rings. The molecule has 0 bridgehead atoms.